The van der Waals surface area contributed by atoms with Crippen LogP contribution < -0.4 is 0 Å². The van der Waals surface area contributed by atoms with Crippen LogP contribution in [0.3, 0.4) is 0 Å². The maximum atomic E-state index is 5.49. The third kappa shape index (κ3) is 3.07. The summed E-state index contributed by atoms with van der Waals surface area (Å²) in [7, 11) is 4.22. The van der Waals surface area contributed by atoms with Gasteiger partial charge in [-0.15, -0.1) is 0 Å². The molecule has 0 amide bonds. The lowest BCUT2D eigenvalue weighted by atomic mass is 9.93. The van der Waals surface area contributed by atoms with E-state index in [0.29, 0.717) is 0 Å². The van der Waals surface area contributed by atoms with Crippen molar-refractivity contribution in [3.8, 4) is 0 Å². The van der Waals surface area contributed by atoms with Crippen molar-refractivity contribution in [1.82, 2.24) is 14.5 Å². The van der Waals surface area contributed by atoms with Gasteiger partial charge in [-0.2, -0.15) is 0 Å². The fraction of sp³-hybridized carbons (Fsp3) is 0.533. The van der Waals surface area contributed by atoms with Crippen molar-refractivity contribution >= 4 is 23.3 Å². The molecular weight excluding hydrogens is 254 g/mol. The molecule has 19 heavy (non-hydrogen) atoms. The predicted molar refractivity (Wildman–Crippen MR) is 84.2 cm³/mol. The number of nitrogens with one attached hydrogen (secondary N) is 1. The zero-order chi connectivity index (χ0) is 14.2. The summed E-state index contributed by atoms with van der Waals surface area (Å²) in [6.45, 7) is 8.64. The van der Waals surface area contributed by atoms with Crippen LogP contribution in [0.15, 0.2) is 18.2 Å². The monoisotopic (exact) mass is 277 g/mol. The van der Waals surface area contributed by atoms with Crippen LogP contribution in [0.5, 0.6) is 0 Å². The highest BCUT2D eigenvalue weighted by molar-refractivity contribution is 7.71. The molecule has 0 unspecified atom stereocenters. The van der Waals surface area contributed by atoms with Gasteiger partial charge in [0.1, 0.15) is 0 Å². The normalized spacial score (nSPS) is 12.5. The average molecular weight is 277 g/mol. The first-order valence-corrected chi connectivity index (χ1v) is 7.04. The number of rotatable bonds is 4. The molecule has 0 saturated heterocycles. The number of aromatic amines is 1. The van der Waals surface area contributed by atoms with E-state index in [0.717, 1.165) is 23.4 Å². The summed E-state index contributed by atoms with van der Waals surface area (Å²) in [5, 5.41) is 0. The molecule has 0 bridgehead atoms. The summed E-state index contributed by atoms with van der Waals surface area (Å²) < 4.78 is 3.04. The number of imidazole rings is 1. The predicted octanol–water partition coefficient (Wildman–Crippen LogP) is 3.60. The first-order chi connectivity index (χ1) is 8.80. The molecule has 0 radical (unpaired) electrons. The van der Waals surface area contributed by atoms with Crippen LogP contribution in [-0.2, 0) is 6.54 Å². The van der Waals surface area contributed by atoms with E-state index in [1.165, 1.54) is 11.1 Å². The molecule has 3 nitrogen and oxygen atoms in total. The van der Waals surface area contributed by atoms with E-state index in [-0.39, 0.29) is 5.41 Å². The van der Waals surface area contributed by atoms with Gasteiger partial charge in [-0.05, 0) is 50.3 Å². The molecular formula is C15H23N3S. The maximum Gasteiger partial charge on any atom is 0.178 e. The van der Waals surface area contributed by atoms with Crippen LogP contribution in [0.25, 0.3) is 11.0 Å². The number of para-hydroxylation sites is 1. The number of benzene rings is 1. The lowest BCUT2D eigenvalue weighted by Crippen LogP contribution is -2.32. The third-order valence-electron chi connectivity index (χ3n) is 3.35. The van der Waals surface area contributed by atoms with Crippen LogP contribution in [0.1, 0.15) is 19.4 Å². The van der Waals surface area contributed by atoms with Gasteiger partial charge in [0.25, 0.3) is 0 Å². The van der Waals surface area contributed by atoms with E-state index >= 15 is 0 Å². The zero-order valence-electron chi connectivity index (χ0n) is 12.4. The average Bonchev–Trinajstić information content (AvgIpc) is 2.56. The van der Waals surface area contributed by atoms with Gasteiger partial charge in [0, 0.05) is 13.1 Å². The van der Waals surface area contributed by atoms with Gasteiger partial charge in [-0.1, -0.05) is 26.0 Å². The minimum Gasteiger partial charge on any atom is -0.330 e. The van der Waals surface area contributed by atoms with Gasteiger partial charge >= 0.3 is 0 Å². The summed E-state index contributed by atoms with van der Waals surface area (Å²) in [5.41, 5.74) is 3.79. The Bertz CT molecular complexity index is 634. The molecule has 2 aromatic rings. The Balaban J connectivity index is 2.44. The van der Waals surface area contributed by atoms with Crippen molar-refractivity contribution in [3.05, 3.63) is 28.5 Å². The Morgan fingerprint density at radius 3 is 2.63 bits per heavy atom. The maximum absolute atomic E-state index is 5.49. The third-order valence-corrected chi connectivity index (χ3v) is 3.67. The Labute approximate surface area is 120 Å². The van der Waals surface area contributed by atoms with Crippen LogP contribution in [0.4, 0.5) is 0 Å². The first kappa shape index (κ1) is 14.3. The molecule has 0 aliphatic rings. The SMILES string of the molecule is Cc1cccc2c1[nH]c(=S)n2CC(C)(C)CN(C)C. The number of aryl methyl sites for hydroxylation is 1. The second-order valence-electron chi connectivity index (χ2n) is 6.39. The highest BCUT2D eigenvalue weighted by atomic mass is 32.1. The standard InChI is InChI=1S/C15H23N3S/c1-11-7-6-8-12-13(11)16-14(19)18(12)10-15(2,3)9-17(4)5/h6-8H,9-10H2,1-5H3,(H,16,19). The molecule has 0 atom stereocenters. The van der Waals surface area contributed by atoms with E-state index in [9.17, 15) is 0 Å². The molecule has 0 aliphatic carbocycles. The molecule has 0 spiro atoms. The van der Waals surface area contributed by atoms with Crippen molar-refractivity contribution < 1.29 is 0 Å². The van der Waals surface area contributed by atoms with Crippen molar-refractivity contribution in [2.24, 2.45) is 5.41 Å². The molecule has 104 valence electrons. The fourth-order valence-corrected chi connectivity index (χ4v) is 3.08. The van der Waals surface area contributed by atoms with Crippen molar-refractivity contribution in [1.29, 1.82) is 0 Å². The van der Waals surface area contributed by atoms with Gasteiger partial charge in [0.05, 0.1) is 11.0 Å². The van der Waals surface area contributed by atoms with E-state index in [1.807, 2.05) is 0 Å². The highest BCUT2D eigenvalue weighted by Gasteiger charge is 2.21. The topological polar surface area (TPSA) is 24.0 Å². The molecule has 1 N–H and O–H groups in total. The minimum atomic E-state index is 0.181. The molecule has 1 heterocycles. The van der Waals surface area contributed by atoms with Crippen LogP contribution in [0.2, 0.25) is 0 Å². The Morgan fingerprint density at radius 2 is 2.00 bits per heavy atom. The molecule has 1 aromatic carbocycles. The van der Waals surface area contributed by atoms with Crippen LogP contribution >= 0.6 is 12.2 Å². The molecule has 4 heteroatoms. The summed E-state index contributed by atoms with van der Waals surface area (Å²) >= 11 is 5.49. The number of hydrogen-bond acceptors (Lipinski definition) is 2. The Kier molecular flexibility index (Phi) is 3.83. The van der Waals surface area contributed by atoms with E-state index < -0.39 is 0 Å². The number of nitrogens with zero attached hydrogens (tertiary/aromatic N) is 2. The summed E-state index contributed by atoms with van der Waals surface area (Å²) in [5.74, 6) is 0. The van der Waals surface area contributed by atoms with Crippen molar-refractivity contribution in [2.45, 2.75) is 27.3 Å². The number of fused-ring (bicyclic) bond motifs is 1. The van der Waals surface area contributed by atoms with E-state index in [2.05, 4.69) is 67.5 Å². The largest absolute Gasteiger partial charge is 0.330 e. The van der Waals surface area contributed by atoms with Gasteiger partial charge in [0.2, 0.25) is 0 Å². The minimum absolute atomic E-state index is 0.181. The zero-order valence-corrected chi connectivity index (χ0v) is 13.3. The highest BCUT2D eigenvalue weighted by Crippen LogP contribution is 2.24. The smallest absolute Gasteiger partial charge is 0.178 e. The van der Waals surface area contributed by atoms with Crippen molar-refractivity contribution in [3.63, 3.8) is 0 Å². The summed E-state index contributed by atoms with van der Waals surface area (Å²) in [6, 6.07) is 6.35. The molecule has 0 aliphatic heterocycles. The van der Waals surface area contributed by atoms with Crippen molar-refractivity contribution in [2.75, 3.05) is 20.6 Å². The van der Waals surface area contributed by atoms with Gasteiger partial charge in [-0.25, -0.2) is 0 Å². The van der Waals surface area contributed by atoms with Gasteiger partial charge in [-0.3, -0.25) is 0 Å². The Hall–Kier alpha value is -1.13. The molecule has 0 fully saturated rings. The second-order valence-corrected chi connectivity index (χ2v) is 6.77. The summed E-state index contributed by atoms with van der Waals surface area (Å²) in [4.78, 5) is 5.56. The molecule has 0 saturated carbocycles. The Morgan fingerprint density at radius 1 is 1.32 bits per heavy atom. The number of hydrogen-bond donors (Lipinski definition) is 1. The lowest BCUT2D eigenvalue weighted by Gasteiger charge is -2.28. The second kappa shape index (κ2) is 5.10. The quantitative estimate of drug-likeness (QED) is 0.863. The fourth-order valence-electron chi connectivity index (χ4n) is 2.81. The van der Waals surface area contributed by atoms with E-state index in [4.69, 9.17) is 12.2 Å². The van der Waals surface area contributed by atoms with Gasteiger partial charge < -0.3 is 14.5 Å². The molecule has 1 aromatic heterocycles. The van der Waals surface area contributed by atoms with Crippen LogP contribution in [0, 0.1) is 17.1 Å². The first-order valence-electron chi connectivity index (χ1n) is 6.63. The molecule has 2 rings (SSSR count). The van der Waals surface area contributed by atoms with Crippen LogP contribution in [-0.4, -0.2) is 35.1 Å². The van der Waals surface area contributed by atoms with E-state index in [1.54, 1.807) is 0 Å². The lowest BCUT2D eigenvalue weighted by molar-refractivity contribution is 0.212. The number of aromatic nitrogens is 2. The summed E-state index contributed by atoms with van der Waals surface area (Å²) in [6.07, 6.45) is 0. The number of H-pyrrole nitrogens is 1. The van der Waals surface area contributed by atoms with Gasteiger partial charge in [0.15, 0.2) is 4.77 Å².